The third kappa shape index (κ3) is 204. The summed E-state index contributed by atoms with van der Waals surface area (Å²) in [5, 5.41) is 31.2. The Kier molecular flexibility index (Phi) is 1900. The van der Waals surface area contributed by atoms with Crippen molar-refractivity contribution in [1.82, 2.24) is 0 Å². The van der Waals surface area contributed by atoms with E-state index in [0.717, 1.165) is 0 Å². The molecule has 2 radical (unpaired) electrons. The Balaban J connectivity index is -0.00000000500. The smallest absolute Gasteiger partial charge is 0.512 e. The molecule has 5 nitrogen and oxygen atoms in total. The molecule has 0 unspecified atom stereocenters. The van der Waals surface area contributed by atoms with Crippen LogP contribution in [0.5, 0.6) is 0 Å². The van der Waals surface area contributed by atoms with Gasteiger partial charge in [-0.25, -0.2) is 0 Å². The minimum atomic E-state index is 0. The second kappa shape index (κ2) is 293. The van der Waals surface area contributed by atoms with Crippen LogP contribution in [-0.2, 0) is 33.8 Å². The number of hydrogen-bond acceptors (Lipinski definition) is 5. The molecule has 62 valence electrons. The van der Waals surface area contributed by atoms with E-state index in [9.17, 15) is 0 Å². The second-order valence-electron chi connectivity index (χ2n) is 0. The predicted octanol–water partition coefficient (Wildman–Crippen LogP) is 0.477. The monoisotopic (exact) mass is 245 g/mol. The van der Waals surface area contributed by atoms with Crippen molar-refractivity contribution in [2.75, 3.05) is 0 Å². The quantitative estimate of drug-likeness (QED) is 0.453. The van der Waals surface area contributed by atoms with Crippen LogP contribution in [0.2, 0.25) is 0 Å². The standard InChI is InChI=1S/5CN.Co.Fe/c5*1-2;;/q5*-1;+2;+3. The van der Waals surface area contributed by atoms with Gasteiger partial charge in [-0.2, -0.15) is 0 Å². The summed E-state index contributed by atoms with van der Waals surface area (Å²) in [6.07, 6.45) is 0. The zero-order valence-electron chi connectivity index (χ0n) is 5.42. The second-order valence-corrected chi connectivity index (χ2v) is 0. The van der Waals surface area contributed by atoms with E-state index in [0.29, 0.717) is 0 Å². The van der Waals surface area contributed by atoms with Gasteiger partial charge in [-0.3, -0.25) is 0 Å². The predicted molar refractivity (Wildman–Crippen MR) is 24.8 cm³/mol. The average Bonchev–Trinajstić information content (AvgIpc) is 2.20. The molecule has 12 heavy (non-hydrogen) atoms. The van der Waals surface area contributed by atoms with Crippen LogP contribution < -0.4 is 0 Å². The van der Waals surface area contributed by atoms with E-state index >= 15 is 0 Å². The minimum absolute atomic E-state index is 0. The summed E-state index contributed by atoms with van der Waals surface area (Å²) in [5.41, 5.74) is 0. The Morgan fingerprint density at radius 3 is 0.417 bits per heavy atom. The van der Waals surface area contributed by atoms with Gasteiger partial charge in [0.15, 0.2) is 0 Å². The Labute approximate surface area is 93.1 Å². The molecule has 0 aromatic carbocycles. The molecule has 0 aromatic heterocycles. The fourth-order valence-electron chi connectivity index (χ4n) is 0. The zero-order chi connectivity index (χ0) is 10.0. The molecule has 0 saturated carbocycles. The van der Waals surface area contributed by atoms with Crippen LogP contribution in [0.4, 0.5) is 0 Å². The molecule has 0 fully saturated rings. The molecule has 0 spiro atoms. The van der Waals surface area contributed by atoms with Crippen molar-refractivity contribution >= 4 is 0 Å². The van der Waals surface area contributed by atoms with E-state index in [1.54, 1.807) is 0 Å². The third-order valence-corrected chi connectivity index (χ3v) is 0. The van der Waals surface area contributed by atoms with Crippen LogP contribution in [0, 0.1) is 59.2 Å². The van der Waals surface area contributed by atoms with Gasteiger partial charge in [0.2, 0.25) is 0 Å². The van der Waals surface area contributed by atoms with E-state index < -0.39 is 0 Å². The Morgan fingerprint density at radius 1 is 0.417 bits per heavy atom. The van der Waals surface area contributed by atoms with Crippen LogP contribution in [-0.4, -0.2) is 0 Å². The fraction of sp³-hybridized carbons (Fsp3) is 0. The Bertz CT molecular complexity index is 78.4. The number of rotatable bonds is 0. The molecule has 0 aliphatic carbocycles. The maximum Gasteiger partial charge on any atom is 3.00 e. The normalized spacial score (nSPS) is 0.833. The summed E-state index contributed by atoms with van der Waals surface area (Å²) >= 11 is 0. The van der Waals surface area contributed by atoms with Crippen LogP contribution in [0.25, 0.3) is 0 Å². The van der Waals surface area contributed by atoms with Gasteiger partial charge in [-0.15, -0.1) is 0 Å². The molecule has 0 rings (SSSR count). The first-order chi connectivity index (χ1) is 5.00. The summed E-state index contributed by atoms with van der Waals surface area (Å²) < 4.78 is 0. The summed E-state index contributed by atoms with van der Waals surface area (Å²) in [6, 6.07) is 0. The largest absolute Gasteiger partial charge is 3.00 e. The van der Waals surface area contributed by atoms with Crippen molar-refractivity contribution in [3.05, 3.63) is 32.9 Å². The summed E-state index contributed by atoms with van der Waals surface area (Å²) in [4.78, 5) is 0. The van der Waals surface area contributed by atoms with Crippen LogP contribution >= 0.6 is 0 Å². The van der Waals surface area contributed by atoms with Gasteiger partial charge in [0.05, 0.1) is 0 Å². The first-order valence-electron chi connectivity index (χ1n) is 1.12. The summed E-state index contributed by atoms with van der Waals surface area (Å²) in [5.74, 6) is 0. The topological polar surface area (TPSA) is 119 Å². The third-order valence-electron chi connectivity index (χ3n) is 0. The van der Waals surface area contributed by atoms with Gasteiger partial charge < -0.3 is 59.2 Å². The zero-order valence-corrected chi connectivity index (χ0v) is 7.57. The van der Waals surface area contributed by atoms with Crippen LogP contribution in [0.1, 0.15) is 0 Å². The first kappa shape index (κ1) is 77.9. The van der Waals surface area contributed by atoms with Crippen molar-refractivity contribution in [1.29, 1.82) is 26.3 Å². The van der Waals surface area contributed by atoms with E-state index in [-0.39, 0.29) is 33.8 Å². The Hall–Kier alpha value is -1.52. The molecule has 0 aliphatic heterocycles. The number of nitrogens with zero attached hydrogens (tertiary/aromatic N) is 5. The fourth-order valence-corrected chi connectivity index (χ4v) is 0. The van der Waals surface area contributed by atoms with Gasteiger partial charge in [-0.1, -0.05) is 0 Å². The minimum Gasteiger partial charge on any atom is -0.512 e. The van der Waals surface area contributed by atoms with Crippen LogP contribution in [0.3, 0.4) is 0 Å². The van der Waals surface area contributed by atoms with Crippen molar-refractivity contribution in [2.45, 2.75) is 0 Å². The van der Waals surface area contributed by atoms with E-state index in [4.69, 9.17) is 59.2 Å². The number of hydrogen-bond donors (Lipinski definition) is 0. The summed E-state index contributed by atoms with van der Waals surface area (Å²) in [7, 11) is 0. The molecular formula is C5CoFeN5. The van der Waals surface area contributed by atoms with Gasteiger partial charge in [-0.05, 0) is 0 Å². The molecule has 0 N–H and O–H groups in total. The van der Waals surface area contributed by atoms with Crippen molar-refractivity contribution in [2.24, 2.45) is 0 Å². The average molecular weight is 245 g/mol. The van der Waals surface area contributed by atoms with Gasteiger partial charge in [0.25, 0.3) is 0 Å². The molecule has 0 bridgehead atoms. The van der Waals surface area contributed by atoms with Gasteiger partial charge in [0, 0.05) is 0 Å². The molecular weight excluding hydrogens is 245 g/mol. The molecule has 0 aliphatic rings. The molecule has 0 aromatic rings. The molecule has 0 atom stereocenters. The maximum atomic E-state index is 6.25. The first-order valence-corrected chi connectivity index (χ1v) is 1.12. The van der Waals surface area contributed by atoms with Gasteiger partial charge >= 0.3 is 33.8 Å². The van der Waals surface area contributed by atoms with Gasteiger partial charge in [0.1, 0.15) is 0 Å². The van der Waals surface area contributed by atoms with E-state index in [2.05, 4.69) is 0 Å². The van der Waals surface area contributed by atoms with E-state index in [1.807, 2.05) is 0 Å². The maximum absolute atomic E-state index is 6.25. The SMILES string of the molecule is [C-]#N.[C-]#N.[C-]#N.[C-]#N.[C-]#N.[Co+2].[Fe+3]. The van der Waals surface area contributed by atoms with Crippen molar-refractivity contribution in [3.8, 4) is 0 Å². The Morgan fingerprint density at radius 2 is 0.417 bits per heavy atom. The molecule has 0 saturated heterocycles. The van der Waals surface area contributed by atoms with Crippen molar-refractivity contribution in [3.63, 3.8) is 0 Å². The van der Waals surface area contributed by atoms with Crippen molar-refractivity contribution < 1.29 is 33.8 Å². The molecule has 7 heteroatoms. The van der Waals surface area contributed by atoms with Crippen LogP contribution in [0.15, 0.2) is 0 Å². The van der Waals surface area contributed by atoms with E-state index in [1.165, 1.54) is 0 Å². The molecule has 0 heterocycles. The molecule has 0 amide bonds. The summed E-state index contributed by atoms with van der Waals surface area (Å²) in [6.45, 7) is 23.8.